The molecule has 2 fully saturated rings. The Morgan fingerprint density at radius 1 is 1.16 bits per heavy atom. The Morgan fingerprint density at radius 2 is 1.91 bits per heavy atom. The van der Waals surface area contributed by atoms with Crippen LogP contribution in [0.5, 0.6) is 11.5 Å². The molecule has 1 aliphatic heterocycles. The van der Waals surface area contributed by atoms with E-state index in [4.69, 9.17) is 14.5 Å². The van der Waals surface area contributed by atoms with E-state index in [9.17, 15) is 4.79 Å². The van der Waals surface area contributed by atoms with Gasteiger partial charge in [0.2, 0.25) is 0 Å². The fraction of sp³-hybridized carbons (Fsp3) is 0.360. The van der Waals surface area contributed by atoms with Gasteiger partial charge in [0, 0.05) is 10.5 Å². The van der Waals surface area contributed by atoms with Crippen LogP contribution in [0.2, 0.25) is 0 Å². The molecule has 2 aromatic carbocycles. The summed E-state index contributed by atoms with van der Waals surface area (Å²) >= 11 is 5.06. The maximum Gasteiger partial charge on any atom is 0.267 e. The van der Waals surface area contributed by atoms with Gasteiger partial charge in [-0.25, -0.2) is 4.99 Å². The molecule has 1 aliphatic carbocycles. The number of carbonyl (C=O) groups excluding carboxylic acids is 1. The molecule has 0 aromatic heterocycles. The van der Waals surface area contributed by atoms with E-state index in [1.165, 1.54) is 18.2 Å². The second kappa shape index (κ2) is 10.6. The average molecular weight is 515 g/mol. The number of nitrogens with zero attached hydrogens (tertiary/aromatic N) is 2. The van der Waals surface area contributed by atoms with Gasteiger partial charge in [-0.3, -0.25) is 9.69 Å². The zero-order valence-corrected chi connectivity index (χ0v) is 20.7. The Labute approximate surface area is 202 Å². The SMILES string of the molecule is CCOc1cc(/C=C2\SC(=Nc3ccccc3)N(C3CCCCC3)C2=O)c(Br)cc1OC. The number of para-hydroxylation sites is 1. The van der Waals surface area contributed by atoms with Crippen molar-refractivity contribution in [3.63, 3.8) is 0 Å². The van der Waals surface area contributed by atoms with Crippen molar-refractivity contribution in [2.45, 2.75) is 45.1 Å². The van der Waals surface area contributed by atoms with Gasteiger partial charge >= 0.3 is 0 Å². The number of hydrogen-bond donors (Lipinski definition) is 0. The monoisotopic (exact) mass is 514 g/mol. The number of hydrogen-bond acceptors (Lipinski definition) is 5. The lowest BCUT2D eigenvalue weighted by Gasteiger charge is -2.30. The van der Waals surface area contributed by atoms with Crippen LogP contribution >= 0.6 is 27.7 Å². The Morgan fingerprint density at radius 3 is 2.59 bits per heavy atom. The molecular formula is C25H27BrN2O3S. The van der Waals surface area contributed by atoms with Crippen molar-refractivity contribution in [2.24, 2.45) is 4.99 Å². The summed E-state index contributed by atoms with van der Waals surface area (Å²) < 4.78 is 12.0. The highest BCUT2D eigenvalue weighted by molar-refractivity contribution is 9.10. The number of amidine groups is 1. The number of halogens is 1. The molecule has 0 N–H and O–H groups in total. The molecule has 1 saturated heterocycles. The fourth-order valence-electron chi connectivity index (χ4n) is 4.07. The number of amides is 1. The zero-order valence-electron chi connectivity index (χ0n) is 18.3. The molecule has 7 heteroatoms. The zero-order chi connectivity index (χ0) is 22.5. The van der Waals surface area contributed by atoms with E-state index in [0.29, 0.717) is 23.0 Å². The first kappa shape index (κ1) is 22.9. The highest BCUT2D eigenvalue weighted by Crippen LogP contribution is 2.41. The van der Waals surface area contributed by atoms with E-state index in [1.54, 1.807) is 7.11 Å². The van der Waals surface area contributed by atoms with Crippen molar-refractivity contribution in [2.75, 3.05) is 13.7 Å². The van der Waals surface area contributed by atoms with Gasteiger partial charge in [-0.1, -0.05) is 53.4 Å². The van der Waals surface area contributed by atoms with Crippen LogP contribution in [-0.4, -0.2) is 35.7 Å². The summed E-state index contributed by atoms with van der Waals surface area (Å²) in [6.45, 7) is 2.47. The first-order chi connectivity index (χ1) is 15.6. The lowest BCUT2D eigenvalue weighted by Crippen LogP contribution is -2.40. The summed E-state index contributed by atoms with van der Waals surface area (Å²) in [6, 6.07) is 13.8. The number of rotatable bonds is 6. The molecule has 32 heavy (non-hydrogen) atoms. The number of thioether (sulfide) groups is 1. The predicted octanol–water partition coefficient (Wildman–Crippen LogP) is 6.79. The summed E-state index contributed by atoms with van der Waals surface area (Å²) in [4.78, 5) is 21.0. The van der Waals surface area contributed by atoms with E-state index < -0.39 is 0 Å². The Hall–Kier alpha value is -2.25. The topological polar surface area (TPSA) is 51.1 Å². The molecular weight excluding hydrogens is 488 g/mol. The molecule has 2 aliphatic rings. The summed E-state index contributed by atoms with van der Waals surface area (Å²) in [7, 11) is 1.62. The largest absolute Gasteiger partial charge is 0.493 e. The van der Waals surface area contributed by atoms with Crippen LogP contribution in [0, 0.1) is 0 Å². The Kier molecular flexibility index (Phi) is 7.58. The molecule has 0 radical (unpaired) electrons. The molecule has 168 valence electrons. The molecule has 4 rings (SSSR count). The van der Waals surface area contributed by atoms with Crippen LogP contribution in [0.15, 0.2) is 56.8 Å². The highest BCUT2D eigenvalue weighted by atomic mass is 79.9. The van der Waals surface area contributed by atoms with Crippen molar-refractivity contribution < 1.29 is 14.3 Å². The second-order valence-electron chi connectivity index (χ2n) is 7.77. The van der Waals surface area contributed by atoms with Gasteiger partial charge in [-0.15, -0.1) is 0 Å². The minimum absolute atomic E-state index is 0.0252. The molecule has 0 spiro atoms. The number of carbonyl (C=O) groups is 1. The summed E-state index contributed by atoms with van der Waals surface area (Å²) in [5.74, 6) is 1.33. The fourth-order valence-corrected chi connectivity index (χ4v) is 5.56. The Balaban J connectivity index is 1.72. The van der Waals surface area contributed by atoms with Gasteiger partial charge in [-0.05, 0) is 67.4 Å². The Bertz CT molecular complexity index is 1030. The number of aliphatic imine (C=N–C) groups is 1. The minimum atomic E-state index is 0.0252. The van der Waals surface area contributed by atoms with Crippen molar-refractivity contribution in [3.05, 3.63) is 57.4 Å². The van der Waals surface area contributed by atoms with Crippen LogP contribution in [0.25, 0.3) is 6.08 Å². The molecule has 1 heterocycles. The molecule has 0 atom stereocenters. The van der Waals surface area contributed by atoms with Gasteiger partial charge in [0.25, 0.3) is 5.91 Å². The minimum Gasteiger partial charge on any atom is -0.493 e. The molecule has 1 amide bonds. The van der Waals surface area contributed by atoms with E-state index in [0.717, 1.165) is 46.6 Å². The predicted molar refractivity (Wildman–Crippen MR) is 135 cm³/mol. The van der Waals surface area contributed by atoms with E-state index in [2.05, 4.69) is 15.9 Å². The number of ether oxygens (including phenoxy) is 2. The van der Waals surface area contributed by atoms with Crippen molar-refractivity contribution in [1.82, 2.24) is 4.90 Å². The lowest BCUT2D eigenvalue weighted by atomic mass is 9.94. The quantitative estimate of drug-likeness (QED) is 0.398. The standard InChI is InChI=1S/C25H27BrN2O3S/c1-3-31-22-14-17(20(26)16-21(22)30-2)15-23-24(29)28(19-12-8-5-9-13-19)25(32-23)27-18-10-6-4-7-11-18/h4,6-7,10-11,14-16,19H,3,5,8-9,12-13H2,1-2H3/b23-15-,27-25?. The van der Waals surface area contributed by atoms with Crippen molar-refractivity contribution in [1.29, 1.82) is 0 Å². The number of benzene rings is 2. The van der Waals surface area contributed by atoms with Crippen molar-refractivity contribution in [3.8, 4) is 11.5 Å². The van der Waals surface area contributed by atoms with Crippen LogP contribution in [0.3, 0.4) is 0 Å². The lowest BCUT2D eigenvalue weighted by molar-refractivity contribution is -0.124. The molecule has 2 aromatic rings. The summed E-state index contributed by atoms with van der Waals surface area (Å²) in [5.41, 5.74) is 1.73. The highest BCUT2D eigenvalue weighted by Gasteiger charge is 2.38. The van der Waals surface area contributed by atoms with Gasteiger partial charge in [0.15, 0.2) is 16.7 Å². The van der Waals surface area contributed by atoms with E-state index >= 15 is 0 Å². The average Bonchev–Trinajstić information content (AvgIpc) is 3.11. The van der Waals surface area contributed by atoms with Crippen molar-refractivity contribution >= 4 is 50.5 Å². The molecule has 0 bridgehead atoms. The first-order valence-electron chi connectivity index (χ1n) is 11.0. The smallest absolute Gasteiger partial charge is 0.267 e. The molecule has 5 nitrogen and oxygen atoms in total. The first-order valence-corrected chi connectivity index (χ1v) is 12.6. The van der Waals surface area contributed by atoms with Gasteiger partial charge in [-0.2, -0.15) is 0 Å². The molecule has 1 saturated carbocycles. The normalized spacial score (nSPS) is 19.7. The summed E-state index contributed by atoms with van der Waals surface area (Å²) in [5, 5.41) is 0.758. The number of methoxy groups -OCH3 is 1. The maximum absolute atomic E-state index is 13.5. The third-order valence-electron chi connectivity index (χ3n) is 5.63. The van der Waals surface area contributed by atoms with E-state index in [1.807, 2.05) is 60.4 Å². The maximum atomic E-state index is 13.5. The third kappa shape index (κ3) is 5.04. The second-order valence-corrected chi connectivity index (χ2v) is 9.63. The van der Waals surface area contributed by atoms with Crippen LogP contribution in [-0.2, 0) is 4.79 Å². The van der Waals surface area contributed by atoms with E-state index in [-0.39, 0.29) is 11.9 Å². The van der Waals surface area contributed by atoms with Crippen LogP contribution in [0.1, 0.15) is 44.6 Å². The third-order valence-corrected chi connectivity index (χ3v) is 7.30. The summed E-state index contributed by atoms with van der Waals surface area (Å²) in [6.07, 6.45) is 7.50. The van der Waals surface area contributed by atoms with Crippen LogP contribution in [0.4, 0.5) is 5.69 Å². The van der Waals surface area contributed by atoms with Gasteiger partial charge < -0.3 is 9.47 Å². The van der Waals surface area contributed by atoms with Gasteiger partial charge in [0.05, 0.1) is 24.3 Å². The van der Waals surface area contributed by atoms with Crippen LogP contribution < -0.4 is 9.47 Å². The molecule has 0 unspecified atom stereocenters. The van der Waals surface area contributed by atoms with Gasteiger partial charge in [0.1, 0.15) is 0 Å².